The standard InChI is InChI=1S/C24H18F6N4O2/c1-34-11-31-33-20(34)19(25)22(9-23(26,27)10-22)15-5-3-2-4-13(15)18-17-14(21(36)32-18)6-12(8-35)7-16(17)24(28,29)30/h2-8,11,18-19H,9-10H2,1H3,(H,32,36). The third-order valence-corrected chi connectivity index (χ3v) is 6.87. The van der Waals surface area contributed by atoms with Crippen molar-refractivity contribution >= 4 is 12.2 Å². The zero-order valence-corrected chi connectivity index (χ0v) is 18.6. The highest BCUT2D eigenvalue weighted by molar-refractivity contribution is 6.01. The van der Waals surface area contributed by atoms with Gasteiger partial charge in [-0.3, -0.25) is 9.59 Å². The number of carbonyl (C=O) groups is 2. The summed E-state index contributed by atoms with van der Waals surface area (Å²) in [5.74, 6) is -4.28. The van der Waals surface area contributed by atoms with E-state index in [9.17, 15) is 31.5 Å². The Morgan fingerprint density at radius 3 is 2.47 bits per heavy atom. The number of nitrogens with zero attached hydrogens (tertiary/aromatic N) is 3. The molecule has 0 radical (unpaired) electrons. The van der Waals surface area contributed by atoms with Gasteiger partial charge in [0.25, 0.3) is 5.91 Å². The number of amides is 1. The average Bonchev–Trinajstić information content (AvgIpc) is 3.38. The van der Waals surface area contributed by atoms with Crippen molar-refractivity contribution in [2.75, 3.05) is 0 Å². The first-order valence-electron chi connectivity index (χ1n) is 10.8. The Morgan fingerprint density at radius 2 is 1.89 bits per heavy atom. The minimum Gasteiger partial charge on any atom is -0.341 e. The van der Waals surface area contributed by atoms with Crippen LogP contribution in [0.5, 0.6) is 0 Å². The van der Waals surface area contributed by atoms with Crippen molar-refractivity contribution in [2.45, 2.75) is 42.6 Å². The van der Waals surface area contributed by atoms with Crippen molar-refractivity contribution in [3.05, 3.63) is 81.9 Å². The molecule has 36 heavy (non-hydrogen) atoms. The molecule has 1 aromatic heterocycles. The second-order valence-electron chi connectivity index (χ2n) is 9.17. The molecule has 188 valence electrons. The van der Waals surface area contributed by atoms with Crippen LogP contribution >= 0.6 is 0 Å². The number of benzene rings is 2. The smallest absolute Gasteiger partial charge is 0.341 e. The molecule has 1 saturated carbocycles. The van der Waals surface area contributed by atoms with Crippen molar-refractivity contribution in [3.63, 3.8) is 0 Å². The number of carbonyl (C=O) groups excluding carboxylic acids is 2. The van der Waals surface area contributed by atoms with Gasteiger partial charge >= 0.3 is 6.18 Å². The Labute approximate surface area is 200 Å². The summed E-state index contributed by atoms with van der Waals surface area (Å²) < 4.78 is 87.8. The molecule has 1 amide bonds. The van der Waals surface area contributed by atoms with E-state index < -0.39 is 59.6 Å². The first-order chi connectivity index (χ1) is 16.9. The van der Waals surface area contributed by atoms with Gasteiger partial charge < -0.3 is 9.88 Å². The average molecular weight is 508 g/mol. The Balaban J connectivity index is 1.71. The Bertz CT molecular complexity index is 1380. The van der Waals surface area contributed by atoms with E-state index in [1.807, 2.05) is 0 Å². The Kier molecular flexibility index (Phi) is 5.27. The number of alkyl halides is 6. The molecule has 2 aromatic carbocycles. The van der Waals surface area contributed by atoms with E-state index in [0.29, 0.717) is 6.07 Å². The fourth-order valence-electron chi connectivity index (χ4n) is 5.34. The van der Waals surface area contributed by atoms with Gasteiger partial charge in [-0.05, 0) is 23.3 Å². The largest absolute Gasteiger partial charge is 0.416 e. The van der Waals surface area contributed by atoms with Crippen LogP contribution in [0.2, 0.25) is 0 Å². The first kappa shape index (κ1) is 24.0. The van der Waals surface area contributed by atoms with Crippen LogP contribution in [0, 0.1) is 0 Å². The van der Waals surface area contributed by atoms with Crippen molar-refractivity contribution in [1.29, 1.82) is 0 Å². The van der Waals surface area contributed by atoms with Gasteiger partial charge in [-0.2, -0.15) is 13.2 Å². The van der Waals surface area contributed by atoms with Gasteiger partial charge in [-0.25, -0.2) is 13.2 Å². The predicted molar refractivity (Wildman–Crippen MR) is 113 cm³/mol. The summed E-state index contributed by atoms with van der Waals surface area (Å²) in [6.07, 6.45) is -7.38. The topological polar surface area (TPSA) is 76.9 Å². The molecule has 3 aromatic rings. The van der Waals surface area contributed by atoms with E-state index in [1.165, 1.54) is 42.2 Å². The van der Waals surface area contributed by atoms with Crippen LogP contribution in [-0.4, -0.2) is 32.9 Å². The maximum atomic E-state index is 16.0. The van der Waals surface area contributed by atoms with Crippen LogP contribution in [0.3, 0.4) is 0 Å². The SMILES string of the molecule is Cn1cnnc1C(F)C1(c2ccccc2C2NC(=O)c3cc(C=O)cc(C(F)(F)F)c32)CC(F)(F)C1. The number of rotatable bonds is 5. The summed E-state index contributed by atoms with van der Waals surface area (Å²) in [5, 5.41) is 9.80. The lowest BCUT2D eigenvalue weighted by Gasteiger charge is -2.50. The summed E-state index contributed by atoms with van der Waals surface area (Å²) in [6.45, 7) is 0. The van der Waals surface area contributed by atoms with E-state index in [0.717, 1.165) is 6.07 Å². The van der Waals surface area contributed by atoms with E-state index in [4.69, 9.17) is 0 Å². The number of hydrogen-bond acceptors (Lipinski definition) is 4. The maximum absolute atomic E-state index is 16.0. The van der Waals surface area contributed by atoms with E-state index in [1.54, 1.807) is 0 Å². The van der Waals surface area contributed by atoms with Crippen LogP contribution in [0.1, 0.15) is 73.8 Å². The fourth-order valence-corrected chi connectivity index (χ4v) is 5.34. The van der Waals surface area contributed by atoms with Crippen molar-refractivity contribution in [1.82, 2.24) is 20.1 Å². The number of aldehydes is 1. The van der Waals surface area contributed by atoms with Gasteiger partial charge in [0.05, 0.1) is 11.6 Å². The highest BCUT2D eigenvalue weighted by Gasteiger charge is 2.63. The van der Waals surface area contributed by atoms with Crippen LogP contribution in [0.4, 0.5) is 26.3 Å². The zero-order chi connectivity index (χ0) is 26.0. The molecular weight excluding hydrogens is 490 g/mol. The molecule has 1 aliphatic heterocycles. The van der Waals surface area contributed by atoms with Crippen molar-refractivity contribution < 1.29 is 35.9 Å². The van der Waals surface area contributed by atoms with Gasteiger partial charge in [0.15, 0.2) is 12.0 Å². The quantitative estimate of drug-likeness (QED) is 0.395. The summed E-state index contributed by atoms with van der Waals surface area (Å²) in [7, 11) is 1.45. The highest BCUT2D eigenvalue weighted by atomic mass is 19.4. The fraction of sp³-hybridized carbons (Fsp3) is 0.333. The van der Waals surface area contributed by atoms with E-state index >= 15 is 4.39 Å². The Morgan fingerprint density at radius 1 is 1.19 bits per heavy atom. The predicted octanol–water partition coefficient (Wildman–Crippen LogP) is 4.86. The molecule has 5 rings (SSSR count). The van der Waals surface area contributed by atoms with Crippen LogP contribution in [-0.2, 0) is 18.6 Å². The molecule has 2 heterocycles. The van der Waals surface area contributed by atoms with E-state index in [2.05, 4.69) is 15.5 Å². The maximum Gasteiger partial charge on any atom is 0.416 e. The number of hydrogen-bond donors (Lipinski definition) is 1. The molecule has 6 nitrogen and oxygen atoms in total. The number of halogens is 6. The molecule has 0 bridgehead atoms. The first-order valence-corrected chi connectivity index (χ1v) is 10.8. The monoisotopic (exact) mass is 508 g/mol. The lowest BCUT2D eigenvalue weighted by Crippen LogP contribution is -2.53. The number of nitrogens with one attached hydrogen (secondary N) is 1. The minimum absolute atomic E-state index is 0.0390. The van der Waals surface area contributed by atoms with Gasteiger partial charge in [-0.1, -0.05) is 24.3 Å². The molecular formula is C24H18F6N4O2. The summed E-state index contributed by atoms with van der Waals surface area (Å²) in [6, 6.07) is 5.97. The van der Waals surface area contributed by atoms with Gasteiger partial charge in [0.2, 0.25) is 5.92 Å². The molecule has 2 unspecified atom stereocenters. The van der Waals surface area contributed by atoms with Gasteiger partial charge in [0.1, 0.15) is 12.6 Å². The molecule has 1 N–H and O–H groups in total. The van der Waals surface area contributed by atoms with E-state index in [-0.39, 0.29) is 34.4 Å². The van der Waals surface area contributed by atoms with Crippen LogP contribution in [0.25, 0.3) is 0 Å². The second-order valence-corrected chi connectivity index (χ2v) is 9.17. The summed E-state index contributed by atoms with van der Waals surface area (Å²) in [4.78, 5) is 23.9. The normalized spacial score (nSPS) is 20.9. The molecule has 0 spiro atoms. The van der Waals surface area contributed by atoms with Gasteiger partial charge in [0, 0.05) is 42.0 Å². The minimum atomic E-state index is -4.93. The number of aromatic nitrogens is 3. The number of fused-ring (bicyclic) bond motifs is 1. The highest BCUT2D eigenvalue weighted by Crippen LogP contribution is 2.61. The third-order valence-electron chi connectivity index (χ3n) is 6.87. The lowest BCUT2D eigenvalue weighted by atomic mass is 9.57. The van der Waals surface area contributed by atoms with Gasteiger partial charge in [-0.15, -0.1) is 10.2 Å². The second kappa shape index (κ2) is 7.90. The molecule has 1 aliphatic carbocycles. The Hall–Kier alpha value is -3.70. The van der Waals surface area contributed by atoms with Crippen LogP contribution in [0.15, 0.2) is 42.7 Å². The third kappa shape index (κ3) is 3.58. The number of aryl methyl sites for hydroxylation is 1. The molecule has 0 saturated heterocycles. The summed E-state index contributed by atoms with van der Waals surface area (Å²) >= 11 is 0. The van der Waals surface area contributed by atoms with Crippen molar-refractivity contribution in [2.24, 2.45) is 7.05 Å². The molecule has 1 fully saturated rings. The van der Waals surface area contributed by atoms with Crippen molar-refractivity contribution in [3.8, 4) is 0 Å². The molecule has 12 heteroatoms. The molecule has 2 atom stereocenters. The summed E-state index contributed by atoms with van der Waals surface area (Å²) in [5.41, 5.74) is -4.09. The zero-order valence-electron chi connectivity index (χ0n) is 18.6. The molecule has 2 aliphatic rings. The lowest BCUT2D eigenvalue weighted by molar-refractivity contribution is -0.151. The van der Waals surface area contributed by atoms with Crippen LogP contribution < -0.4 is 5.32 Å².